The van der Waals surface area contributed by atoms with Gasteiger partial charge in [0.2, 0.25) is 0 Å². The zero-order chi connectivity index (χ0) is 17.9. The highest BCUT2D eigenvalue weighted by Gasteiger charge is 2.20. The van der Waals surface area contributed by atoms with Crippen LogP contribution < -0.4 is 0 Å². The second kappa shape index (κ2) is 6.85. The largest absolute Gasteiger partial charge is 0.289 e. The number of aromatic nitrogens is 3. The molecule has 1 heterocycles. The van der Waals surface area contributed by atoms with Crippen LogP contribution in [0.15, 0.2) is 66.9 Å². The van der Waals surface area contributed by atoms with Gasteiger partial charge in [-0.3, -0.25) is 4.79 Å². The number of carbonyl (C=O) groups is 1. The summed E-state index contributed by atoms with van der Waals surface area (Å²) in [7, 11) is 0. The standard InChI is InChI=1S/C21H21N3O/c1-21(2,3)20-15-22-23-24(20)18-12-9-16(10-13-18)11-14-19(25)17-7-5-4-6-8-17/h4-15H,1-3H3. The number of carbonyl (C=O) groups excluding carboxylic acids is 1. The Morgan fingerprint density at radius 2 is 1.68 bits per heavy atom. The Morgan fingerprint density at radius 1 is 1.00 bits per heavy atom. The molecule has 0 bridgehead atoms. The Hall–Kier alpha value is -3.01. The first-order valence-electron chi connectivity index (χ1n) is 8.24. The summed E-state index contributed by atoms with van der Waals surface area (Å²) < 4.78 is 1.85. The molecule has 0 atom stereocenters. The van der Waals surface area contributed by atoms with Gasteiger partial charge in [-0.1, -0.05) is 74.5 Å². The van der Waals surface area contributed by atoms with Crippen molar-refractivity contribution >= 4 is 11.9 Å². The molecule has 4 nitrogen and oxygen atoms in total. The van der Waals surface area contributed by atoms with E-state index in [2.05, 4.69) is 31.1 Å². The van der Waals surface area contributed by atoms with Crippen LogP contribution in [0.3, 0.4) is 0 Å². The molecular formula is C21H21N3O. The molecule has 0 aliphatic heterocycles. The third-order valence-corrected chi connectivity index (χ3v) is 3.94. The number of allylic oxidation sites excluding steroid dienone is 1. The van der Waals surface area contributed by atoms with Gasteiger partial charge in [0, 0.05) is 11.0 Å². The van der Waals surface area contributed by atoms with E-state index in [0.717, 1.165) is 16.9 Å². The van der Waals surface area contributed by atoms with Gasteiger partial charge in [0.15, 0.2) is 5.78 Å². The summed E-state index contributed by atoms with van der Waals surface area (Å²) in [5.41, 5.74) is 3.62. The summed E-state index contributed by atoms with van der Waals surface area (Å²) >= 11 is 0. The van der Waals surface area contributed by atoms with Crippen molar-refractivity contribution in [1.82, 2.24) is 15.0 Å². The van der Waals surface area contributed by atoms with Crippen molar-refractivity contribution in [2.24, 2.45) is 0 Å². The van der Waals surface area contributed by atoms with Gasteiger partial charge in [-0.25, -0.2) is 4.68 Å². The van der Waals surface area contributed by atoms with Crippen molar-refractivity contribution in [3.63, 3.8) is 0 Å². The van der Waals surface area contributed by atoms with Crippen molar-refractivity contribution in [3.05, 3.63) is 83.7 Å². The van der Waals surface area contributed by atoms with Crippen LogP contribution in [-0.4, -0.2) is 20.8 Å². The summed E-state index contributed by atoms with van der Waals surface area (Å²) in [5.74, 6) is -0.00373. The molecule has 0 amide bonds. The lowest BCUT2D eigenvalue weighted by atomic mass is 9.92. The van der Waals surface area contributed by atoms with Crippen LogP contribution >= 0.6 is 0 Å². The van der Waals surface area contributed by atoms with E-state index in [0.29, 0.717) is 5.56 Å². The average Bonchev–Trinajstić information content (AvgIpc) is 3.11. The highest BCUT2D eigenvalue weighted by molar-refractivity contribution is 6.06. The van der Waals surface area contributed by atoms with E-state index in [4.69, 9.17) is 0 Å². The minimum Gasteiger partial charge on any atom is -0.289 e. The summed E-state index contributed by atoms with van der Waals surface area (Å²) in [5, 5.41) is 8.23. The first-order valence-corrected chi connectivity index (χ1v) is 8.24. The summed E-state index contributed by atoms with van der Waals surface area (Å²) in [6.07, 6.45) is 5.22. The SMILES string of the molecule is CC(C)(C)c1cnnn1-c1ccc(C=CC(=O)c2ccccc2)cc1. The second-order valence-electron chi connectivity index (χ2n) is 6.94. The molecule has 0 fully saturated rings. The van der Waals surface area contributed by atoms with Gasteiger partial charge < -0.3 is 0 Å². The maximum Gasteiger partial charge on any atom is 0.185 e. The van der Waals surface area contributed by atoms with E-state index >= 15 is 0 Å². The lowest BCUT2D eigenvalue weighted by Gasteiger charge is -2.19. The lowest BCUT2D eigenvalue weighted by Crippen LogP contribution is -2.17. The molecular weight excluding hydrogens is 310 g/mol. The van der Waals surface area contributed by atoms with Crippen molar-refractivity contribution < 1.29 is 4.79 Å². The Labute approximate surface area is 147 Å². The normalized spacial score (nSPS) is 11.8. The fourth-order valence-electron chi connectivity index (χ4n) is 2.53. The molecule has 0 N–H and O–H groups in total. The average molecular weight is 331 g/mol. The minimum atomic E-state index is -0.0375. The maximum atomic E-state index is 12.1. The number of nitrogens with zero attached hydrogens (tertiary/aromatic N) is 3. The molecule has 0 aliphatic carbocycles. The molecule has 0 spiro atoms. The fourth-order valence-corrected chi connectivity index (χ4v) is 2.53. The Balaban J connectivity index is 1.78. The van der Waals surface area contributed by atoms with Gasteiger partial charge in [0.25, 0.3) is 0 Å². The molecule has 0 unspecified atom stereocenters. The van der Waals surface area contributed by atoms with Crippen LogP contribution in [0.4, 0.5) is 0 Å². The zero-order valence-electron chi connectivity index (χ0n) is 14.7. The first-order chi connectivity index (χ1) is 11.9. The van der Waals surface area contributed by atoms with Crippen molar-refractivity contribution in [1.29, 1.82) is 0 Å². The Kier molecular flexibility index (Phi) is 4.61. The number of rotatable bonds is 4. The molecule has 0 saturated carbocycles. The van der Waals surface area contributed by atoms with E-state index in [1.54, 1.807) is 12.3 Å². The molecule has 25 heavy (non-hydrogen) atoms. The second-order valence-corrected chi connectivity index (χ2v) is 6.94. The highest BCUT2D eigenvalue weighted by Crippen LogP contribution is 2.23. The van der Waals surface area contributed by atoms with Gasteiger partial charge >= 0.3 is 0 Å². The fraction of sp³-hybridized carbons (Fsp3) is 0.190. The van der Waals surface area contributed by atoms with E-state index in [9.17, 15) is 4.79 Å². The molecule has 2 aromatic carbocycles. The molecule has 3 rings (SSSR count). The highest BCUT2D eigenvalue weighted by atomic mass is 16.1. The summed E-state index contributed by atoms with van der Waals surface area (Å²) in [6, 6.07) is 17.2. The molecule has 1 aromatic heterocycles. The van der Waals surface area contributed by atoms with Gasteiger partial charge in [0.05, 0.1) is 17.6 Å². The van der Waals surface area contributed by atoms with Crippen LogP contribution in [-0.2, 0) is 5.41 Å². The summed E-state index contributed by atoms with van der Waals surface area (Å²) in [6.45, 7) is 6.40. The van der Waals surface area contributed by atoms with Crippen molar-refractivity contribution in [3.8, 4) is 5.69 Å². The molecule has 3 aromatic rings. The molecule has 0 saturated heterocycles. The number of hydrogen-bond donors (Lipinski definition) is 0. The number of ketones is 1. The van der Waals surface area contributed by atoms with Gasteiger partial charge in [-0.15, -0.1) is 5.10 Å². The first kappa shape index (κ1) is 16.8. The minimum absolute atomic E-state index is 0.00373. The van der Waals surface area contributed by atoms with Crippen LogP contribution in [0.5, 0.6) is 0 Å². The Bertz CT molecular complexity index is 885. The molecule has 4 heteroatoms. The van der Waals surface area contributed by atoms with E-state index in [1.807, 2.05) is 65.4 Å². The number of benzene rings is 2. The topological polar surface area (TPSA) is 47.8 Å². The van der Waals surface area contributed by atoms with Gasteiger partial charge in [0.1, 0.15) is 0 Å². The predicted octanol–water partition coefficient (Wildman–Crippen LogP) is 4.46. The van der Waals surface area contributed by atoms with E-state index < -0.39 is 0 Å². The van der Waals surface area contributed by atoms with E-state index in [1.165, 1.54) is 0 Å². The molecule has 0 aliphatic rings. The number of hydrogen-bond acceptors (Lipinski definition) is 3. The molecule has 0 radical (unpaired) electrons. The monoisotopic (exact) mass is 331 g/mol. The summed E-state index contributed by atoms with van der Waals surface area (Å²) in [4.78, 5) is 12.1. The van der Waals surface area contributed by atoms with Crippen LogP contribution in [0.25, 0.3) is 11.8 Å². The van der Waals surface area contributed by atoms with Crippen molar-refractivity contribution in [2.75, 3.05) is 0 Å². The van der Waals surface area contributed by atoms with Gasteiger partial charge in [-0.05, 0) is 23.8 Å². The smallest absolute Gasteiger partial charge is 0.185 e. The lowest BCUT2D eigenvalue weighted by molar-refractivity contribution is 0.104. The quantitative estimate of drug-likeness (QED) is 0.524. The zero-order valence-corrected chi connectivity index (χ0v) is 14.7. The third-order valence-electron chi connectivity index (χ3n) is 3.94. The van der Waals surface area contributed by atoms with Crippen LogP contribution in [0, 0.1) is 0 Å². The van der Waals surface area contributed by atoms with Crippen LogP contribution in [0.1, 0.15) is 42.4 Å². The van der Waals surface area contributed by atoms with Crippen LogP contribution in [0.2, 0.25) is 0 Å². The van der Waals surface area contributed by atoms with Gasteiger partial charge in [-0.2, -0.15) is 0 Å². The maximum absolute atomic E-state index is 12.1. The molecule has 126 valence electrons. The predicted molar refractivity (Wildman–Crippen MR) is 99.9 cm³/mol. The van der Waals surface area contributed by atoms with E-state index in [-0.39, 0.29) is 11.2 Å². The third kappa shape index (κ3) is 3.91. The Morgan fingerprint density at radius 3 is 2.32 bits per heavy atom. The van der Waals surface area contributed by atoms with Crippen molar-refractivity contribution in [2.45, 2.75) is 26.2 Å².